The molecule has 0 aliphatic carbocycles. The third-order valence-corrected chi connectivity index (χ3v) is 7.09. The quantitative estimate of drug-likeness (QED) is 0.715. The number of amides is 3. The van der Waals surface area contributed by atoms with Gasteiger partial charge in [0.25, 0.3) is 0 Å². The summed E-state index contributed by atoms with van der Waals surface area (Å²) in [4.78, 5) is 28.0. The number of carbonyl (C=O) groups is 2. The van der Waals surface area contributed by atoms with E-state index in [1.807, 2.05) is 30.3 Å². The fraction of sp³-hybridized carbons (Fsp3) is 0.400. The zero-order valence-electron chi connectivity index (χ0n) is 15.7. The molecule has 0 spiro atoms. The predicted molar refractivity (Wildman–Crippen MR) is 108 cm³/mol. The summed E-state index contributed by atoms with van der Waals surface area (Å²) in [5.74, 6) is 0.732. The number of carbonyl (C=O) groups excluding carboxylic acids is 2. The van der Waals surface area contributed by atoms with Gasteiger partial charge in [-0.3, -0.25) is 9.69 Å². The van der Waals surface area contributed by atoms with E-state index >= 15 is 0 Å². The van der Waals surface area contributed by atoms with Gasteiger partial charge < -0.3 is 21.5 Å². The van der Waals surface area contributed by atoms with Crippen molar-refractivity contribution in [2.75, 3.05) is 20.2 Å². The summed E-state index contributed by atoms with van der Waals surface area (Å²) in [7, 11) is 1.63. The lowest BCUT2D eigenvalue weighted by molar-refractivity contribution is 0.0154. The molecule has 0 saturated carbocycles. The number of primary amides is 2. The molecule has 8 heteroatoms. The third-order valence-electron chi connectivity index (χ3n) is 5.81. The summed E-state index contributed by atoms with van der Waals surface area (Å²) in [6, 6.07) is 9.04. The van der Waals surface area contributed by atoms with Crippen molar-refractivity contribution >= 4 is 23.3 Å². The molecule has 7 nitrogen and oxygen atoms in total. The normalized spacial score (nSPS) is 26.0. The van der Waals surface area contributed by atoms with E-state index in [2.05, 4.69) is 10.2 Å². The van der Waals surface area contributed by atoms with Crippen LogP contribution in [0.2, 0.25) is 0 Å². The molecule has 1 aromatic heterocycles. The molecule has 3 aliphatic heterocycles. The van der Waals surface area contributed by atoms with Gasteiger partial charge in [-0.1, -0.05) is 0 Å². The molecule has 0 radical (unpaired) electrons. The van der Waals surface area contributed by atoms with Gasteiger partial charge in [0.05, 0.1) is 18.8 Å². The van der Waals surface area contributed by atoms with E-state index in [0.717, 1.165) is 47.0 Å². The summed E-state index contributed by atoms with van der Waals surface area (Å²) in [6.45, 7) is 1.85. The number of piperidine rings is 3. The van der Waals surface area contributed by atoms with E-state index in [0.29, 0.717) is 11.5 Å². The van der Waals surface area contributed by atoms with Crippen LogP contribution in [0.25, 0.3) is 10.4 Å². The highest BCUT2D eigenvalue weighted by Crippen LogP contribution is 2.47. The van der Waals surface area contributed by atoms with Gasteiger partial charge in [0.1, 0.15) is 5.75 Å². The number of rotatable bonds is 5. The SMILES string of the molecule is COc1ccc(-c2cc(C(N)=O)c(C3C4CCN(CC4)C3NC(N)=O)s2)cc1. The molecule has 5 rings (SSSR count). The van der Waals surface area contributed by atoms with Gasteiger partial charge in [-0.2, -0.15) is 0 Å². The van der Waals surface area contributed by atoms with E-state index < -0.39 is 11.9 Å². The molecule has 148 valence electrons. The molecule has 28 heavy (non-hydrogen) atoms. The molecule has 4 heterocycles. The molecule has 2 atom stereocenters. The number of nitrogens with two attached hydrogens (primary N) is 2. The minimum absolute atomic E-state index is 0.00879. The molecule has 3 aliphatic rings. The van der Waals surface area contributed by atoms with E-state index in [1.165, 1.54) is 0 Å². The van der Waals surface area contributed by atoms with Crippen LogP contribution in [0.1, 0.15) is 34.0 Å². The molecule has 5 N–H and O–H groups in total. The Balaban J connectivity index is 1.75. The van der Waals surface area contributed by atoms with E-state index in [4.69, 9.17) is 16.2 Å². The number of fused-ring (bicyclic) bond motifs is 3. The Morgan fingerprint density at radius 1 is 1.18 bits per heavy atom. The van der Waals surface area contributed by atoms with Crippen molar-refractivity contribution in [2.45, 2.75) is 24.9 Å². The second-order valence-electron chi connectivity index (χ2n) is 7.33. The number of thiophene rings is 1. The minimum atomic E-state index is -0.546. The van der Waals surface area contributed by atoms with Gasteiger partial charge >= 0.3 is 6.03 Å². The Hall–Kier alpha value is -2.58. The van der Waals surface area contributed by atoms with Crippen molar-refractivity contribution in [1.82, 2.24) is 10.2 Å². The van der Waals surface area contributed by atoms with Crippen molar-refractivity contribution in [1.29, 1.82) is 0 Å². The first-order valence-corrected chi connectivity index (χ1v) is 10.2. The highest BCUT2D eigenvalue weighted by Gasteiger charge is 2.45. The Morgan fingerprint density at radius 3 is 2.43 bits per heavy atom. The maximum atomic E-state index is 12.2. The summed E-state index contributed by atoms with van der Waals surface area (Å²) >= 11 is 1.57. The monoisotopic (exact) mass is 400 g/mol. The van der Waals surface area contributed by atoms with Crippen molar-refractivity contribution < 1.29 is 14.3 Å². The smallest absolute Gasteiger partial charge is 0.313 e. The van der Waals surface area contributed by atoms with Gasteiger partial charge in [-0.05, 0) is 54.7 Å². The molecule has 2 bridgehead atoms. The molecular weight excluding hydrogens is 376 g/mol. The first-order valence-electron chi connectivity index (χ1n) is 9.36. The summed E-state index contributed by atoms with van der Waals surface area (Å²) in [6.07, 6.45) is 1.87. The summed E-state index contributed by atoms with van der Waals surface area (Å²) in [5.41, 5.74) is 12.7. The van der Waals surface area contributed by atoms with Gasteiger partial charge in [-0.25, -0.2) is 4.79 Å². The Bertz CT molecular complexity index is 887. The molecule has 2 unspecified atom stereocenters. The van der Waals surface area contributed by atoms with Gasteiger partial charge in [0.2, 0.25) is 5.91 Å². The molecule has 3 fully saturated rings. The zero-order valence-corrected chi connectivity index (χ0v) is 16.5. The number of hydrogen-bond donors (Lipinski definition) is 3. The van der Waals surface area contributed by atoms with Crippen molar-refractivity contribution in [3.05, 3.63) is 40.8 Å². The zero-order chi connectivity index (χ0) is 19.8. The topological polar surface area (TPSA) is 111 Å². The van der Waals surface area contributed by atoms with E-state index in [9.17, 15) is 9.59 Å². The Morgan fingerprint density at radius 2 is 1.86 bits per heavy atom. The van der Waals surface area contributed by atoms with Gasteiger partial charge in [-0.15, -0.1) is 11.3 Å². The highest BCUT2D eigenvalue weighted by molar-refractivity contribution is 7.16. The van der Waals surface area contributed by atoms with Gasteiger partial charge in [0, 0.05) is 28.8 Å². The molecule has 3 amide bonds. The highest BCUT2D eigenvalue weighted by atomic mass is 32.1. The van der Waals surface area contributed by atoms with Crippen LogP contribution in [0.5, 0.6) is 5.75 Å². The van der Waals surface area contributed by atoms with Crippen LogP contribution in [0, 0.1) is 5.92 Å². The molecule has 3 saturated heterocycles. The van der Waals surface area contributed by atoms with E-state index in [-0.39, 0.29) is 12.1 Å². The first-order chi connectivity index (χ1) is 13.5. The lowest BCUT2D eigenvalue weighted by atomic mass is 9.75. The second kappa shape index (κ2) is 7.44. The lowest BCUT2D eigenvalue weighted by Gasteiger charge is -2.50. The first kappa shape index (κ1) is 18.8. The predicted octanol–water partition coefficient (Wildman–Crippen LogP) is 2.33. The Labute approximate surface area is 167 Å². The maximum absolute atomic E-state index is 12.2. The van der Waals surface area contributed by atoms with Crippen LogP contribution in [-0.4, -0.2) is 43.2 Å². The summed E-state index contributed by atoms with van der Waals surface area (Å²) in [5, 5.41) is 2.89. The number of benzene rings is 1. The number of nitrogens with zero attached hydrogens (tertiary/aromatic N) is 1. The maximum Gasteiger partial charge on any atom is 0.313 e. The molecule has 1 aromatic carbocycles. The number of methoxy groups -OCH3 is 1. The largest absolute Gasteiger partial charge is 0.497 e. The van der Waals surface area contributed by atoms with Crippen LogP contribution >= 0.6 is 11.3 Å². The van der Waals surface area contributed by atoms with Crippen molar-refractivity contribution in [3.8, 4) is 16.2 Å². The average molecular weight is 401 g/mol. The van der Waals surface area contributed by atoms with Crippen LogP contribution in [0.3, 0.4) is 0 Å². The minimum Gasteiger partial charge on any atom is -0.497 e. The van der Waals surface area contributed by atoms with Crippen LogP contribution in [0.4, 0.5) is 4.79 Å². The average Bonchev–Trinajstić information content (AvgIpc) is 3.14. The summed E-state index contributed by atoms with van der Waals surface area (Å²) < 4.78 is 5.22. The fourth-order valence-corrected chi connectivity index (χ4v) is 5.86. The second-order valence-corrected chi connectivity index (χ2v) is 8.42. The molecular formula is C20H24N4O3S. The Kier molecular flexibility index (Phi) is 4.99. The fourth-order valence-electron chi connectivity index (χ4n) is 4.47. The van der Waals surface area contributed by atoms with Crippen LogP contribution in [-0.2, 0) is 0 Å². The van der Waals surface area contributed by atoms with E-state index in [1.54, 1.807) is 18.4 Å². The van der Waals surface area contributed by atoms with Crippen molar-refractivity contribution in [3.63, 3.8) is 0 Å². The molecule has 2 aromatic rings. The lowest BCUT2D eigenvalue weighted by Crippen LogP contribution is -2.61. The van der Waals surface area contributed by atoms with Crippen molar-refractivity contribution in [2.24, 2.45) is 17.4 Å². The number of hydrogen-bond acceptors (Lipinski definition) is 5. The standard InChI is InChI=1S/C20H24N4O3S/c1-27-13-4-2-11(3-5-13)15-10-14(18(21)25)17(28-15)16-12-6-8-24(9-7-12)19(16)23-20(22)26/h2-5,10,12,16,19H,6-9H2,1H3,(H2,21,25)(H3,22,23,26). The number of ether oxygens (including phenoxy) is 1. The third kappa shape index (κ3) is 3.33. The number of urea groups is 1. The van der Waals surface area contributed by atoms with Crippen LogP contribution in [0.15, 0.2) is 30.3 Å². The van der Waals surface area contributed by atoms with Gasteiger partial charge in [0.15, 0.2) is 0 Å². The number of nitrogens with one attached hydrogen (secondary N) is 1. The van der Waals surface area contributed by atoms with Crippen LogP contribution < -0.4 is 21.5 Å².